The van der Waals surface area contributed by atoms with Gasteiger partial charge in [0.1, 0.15) is 11.3 Å². The highest BCUT2D eigenvalue weighted by molar-refractivity contribution is 5.77. The Morgan fingerprint density at radius 2 is 1.83 bits per heavy atom. The van der Waals surface area contributed by atoms with E-state index in [2.05, 4.69) is 24.8 Å². The second kappa shape index (κ2) is 8.57. The molecule has 2 amide bonds. The monoisotopic (exact) mass is 393 g/mol. The minimum absolute atomic E-state index is 0.0319. The summed E-state index contributed by atoms with van der Waals surface area (Å²) in [6, 6.07) is 8.05. The summed E-state index contributed by atoms with van der Waals surface area (Å²) in [6.07, 6.45) is 5.38. The number of rotatable bonds is 5. The number of nitrogens with zero attached hydrogens (tertiary/aromatic N) is 6. The summed E-state index contributed by atoms with van der Waals surface area (Å²) in [7, 11) is 0. The van der Waals surface area contributed by atoms with E-state index in [1.807, 2.05) is 49.2 Å². The SMILES string of the molecule is CC(C)NC(=O)N1CCN(CCn2c(-c3ccncc3)nc3cccnc32)CC1. The van der Waals surface area contributed by atoms with Gasteiger partial charge in [0.15, 0.2) is 5.65 Å². The minimum atomic E-state index is 0.0319. The van der Waals surface area contributed by atoms with Gasteiger partial charge >= 0.3 is 6.03 Å². The van der Waals surface area contributed by atoms with Crippen LogP contribution < -0.4 is 5.32 Å². The number of carbonyl (C=O) groups is 1. The summed E-state index contributed by atoms with van der Waals surface area (Å²) in [4.78, 5) is 29.9. The largest absolute Gasteiger partial charge is 0.336 e. The second-order valence-corrected chi connectivity index (χ2v) is 7.60. The lowest BCUT2D eigenvalue weighted by Gasteiger charge is -2.35. The number of imidazole rings is 1. The van der Waals surface area contributed by atoms with Crippen molar-refractivity contribution in [2.75, 3.05) is 32.7 Å². The molecule has 0 radical (unpaired) electrons. The van der Waals surface area contributed by atoms with Crippen LogP contribution in [-0.2, 0) is 6.54 Å². The van der Waals surface area contributed by atoms with Crippen molar-refractivity contribution in [3.05, 3.63) is 42.9 Å². The first kappa shape index (κ1) is 19.3. The lowest BCUT2D eigenvalue weighted by molar-refractivity contribution is 0.136. The first-order valence-electron chi connectivity index (χ1n) is 10.1. The second-order valence-electron chi connectivity index (χ2n) is 7.60. The van der Waals surface area contributed by atoms with Gasteiger partial charge in [-0.05, 0) is 38.1 Å². The Morgan fingerprint density at radius 3 is 2.55 bits per heavy atom. The van der Waals surface area contributed by atoms with Crippen LogP contribution in [-0.4, -0.2) is 74.1 Å². The lowest BCUT2D eigenvalue weighted by Crippen LogP contribution is -2.53. The Labute approximate surface area is 170 Å². The molecule has 4 heterocycles. The quantitative estimate of drug-likeness (QED) is 0.719. The molecule has 3 aromatic heterocycles. The number of nitrogens with one attached hydrogen (secondary N) is 1. The van der Waals surface area contributed by atoms with Gasteiger partial charge < -0.3 is 14.8 Å². The molecule has 1 N–H and O–H groups in total. The lowest BCUT2D eigenvalue weighted by atomic mass is 10.2. The van der Waals surface area contributed by atoms with Gasteiger partial charge in [0.05, 0.1) is 0 Å². The molecule has 0 bridgehead atoms. The van der Waals surface area contributed by atoms with Crippen LogP contribution in [0, 0.1) is 0 Å². The molecule has 0 atom stereocenters. The highest BCUT2D eigenvalue weighted by atomic mass is 16.2. The predicted molar refractivity (Wildman–Crippen MR) is 112 cm³/mol. The molecule has 1 saturated heterocycles. The van der Waals surface area contributed by atoms with Crippen molar-refractivity contribution in [1.29, 1.82) is 0 Å². The van der Waals surface area contributed by atoms with E-state index in [4.69, 9.17) is 4.98 Å². The van der Waals surface area contributed by atoms with Crippen molar-refractivity contribution >= 4 is 17.2 Å². The molecule has 3 aromatic rings. The van der Waals surface area contributed by atoms with Crippen LogP contribution in [0.5, 0.6) is 0 Å². The summed E-state index contributed by atoms with van der Waals surface area (Å²) in [5, 5.41) is 2.97. The van der Waals surface area contributed by atoms with Gasteiger partial charge in [0.2, 0.25) is 0 Å². The molecule has 1 aliphatic rings. The summed E-state index contributed by atoms with van der Waals surface area (Å²) in [6.45, 7) is 8.89. The maximum absolute atomic E-state index is 12.2. The molecular formula is C21H27N7O. The van der Waals surface area contributed by atoms with Crippen LogP contribution in [0.1, 0.15) is 13.8 Å². The van der Waals surface area contributed by atoms with Crippen LogP contribution >= 0.6 is 0 Å². The summed E-state index contributed by atoms with van der Waals surface area (Å²) in [5.41, 5.74) is 2.83. The number of pyridine rings is 2. The zero-order valence-electron chi connectivity index (χ0n) is 17.0. The molecule has 152 valence electrons. The van der Waals surface area contributed by atoms with Crippen molar-refractivity contribution < 1.29 is 4.79 Å². The predicted octanol–water partition coefficient (Wildman–Crippen LogP) is 2.23. The summed E-state index contributed by atoms with van der Waals surface area (Å²) < 4.78 is 2.18. The smallest absolute Gasteiger partial charge is 0.317 e. The van der Waals surface area contributed by atoms with E-state index in [0.29, 0.717) is 0 Å². The van der Waals surface area contributed by atoms with Gasteiger partial charge in [-0.25, -0.2) is 14.8 Å². The molecule has 0 spiro atoms. The highest BCUT2D eigenvalue weighted by Crippen LogP contribution is 2.23. The molecular weight excluding hydrogens is 366 g/mol. The molecule has 0 saturated carbocycles. The number of fused-ring (bicyclic) bond motifs is 1. The van der Waals surface area contributed by atoms with Crippen molar-refractivity contribution in [3.63, 3.8) is 0 Å². The van der Waals surface area contributed by atoms with Crippen LogP contribution in [0.4, 0.5) is 4.79 Å². The number of piperazine rings is 1. The first-order chi connectivity index (χ1) is 14.1. The zero-order chi connectivity index (χ0) is 20.2. The maximum Gasteiger partial charge on any atom is 0.317 e. The van der Waals surface area contributed by atoms with Gasteiger partial charge in [0, 0.05) is 69.5 Å². The van der Waals surface area contributed by atoms with Gasteiger partial charge in [-0.1, -0.05) is 0 Å². The first-order valence-corrected chi connectivity index (χ1v) is 10.1. The van der Waals surface area contributed by atoms with Gasteiger partial charge in [-0.15, -0.1) is 0 Å². The van der Waals surface area contributed by atoms with Crippen molar-refractivity contribution in [3.8, 4) is 11.4 Å². The van der Waals surface area contributed by atoms with Crippen molar-refractivity contribution in [2.45, 2.75) is 26.4 Å². The zero-order valence-corrected chi connectivity index (χ0v) is 17.0. The molecule has 29 heavy (non-hydrogen) atoms. The van der Waals surface area contributed by atoms with Crippen LogP contribution in [0.25, 0.3) is 22.6 Å². The number of aromatic nitrogens is 4. The topological polar surface area (TPSA) is 79.2 Å². The summed E-state index contributed by atoms with van der Waals surface area (Å²) in [5.74, 6) is 0.913. The number of amides is 2. The highest BCUT2D eigenvalue weighted by Gasteiger charge is 2.22. The van der Waals surface area contributed by atoms with E-state index in [1.165, 1.54) is 0 Å². The molecule has 8 nitrogen and oxygen atoms in total. The molecule has 1 fully saturated rings. The van der Waals surface area contributed by atoms with Crippen LogP contribution in [0.2, 0.25) is 0 Å². The third kappa shape index (κ3) is 4.37. The van der Waals surface area contributed by atoms with Gasteiger partial charge in [0.25, 0.3) is 0 Å². The van der Waals surface area contributed by atoms with Crippen molar-refractivity contribution in [2.24, 2.45) is 0 Å². The van der Waals surface area contributed by atoms with E-state index < -0.39 is 0 Å². The third-order valence-electron chi connectivity index (χ3n) is 5.15. The van der Waals surface area contributed by atoms with E-state index in [0.717, 1.165) is 61.8 Å². The Hall–Kier alpha value is -3.00. The average Bonchev–Trinajstić information content (AvgIpc) is 3.11. The number of urea groups is 1. The molecule has 4 rings (SSSR count). The van der Waals surface area contributed by atoms with Crippen LogP contribution in [0.15, 0.2) is 42.9 Å². The van der Waals surface area contributed by atoms with Crippen molar-refractivity contribution in [1.82, 2.24) is 34.6 Å². The third-order valence-corrected chi connectivity index (χ3v) is 5.15. The molecule has 0 aromatic carbocycles. The fraction of sp³-hybridized carbons (Fsp3) is 0.429. The summed E-state index contributed by atoms with van der Waals surface area (Å²) >= 11 is 0. The Morgan fingerprint density at radius 1 is 1.07 bits per heavy atom. The standard InChI is InChI=1S/C21H27N7O/c1-16(2)24-21(29)27-13-10-26(11-14-27)12-15-28-19(17-5-8-22-9-6-17)25-18-4-3-7-23-20(18)28/h3-9,16H,10-15H2,1-2H3,(H,24,29). The minimum Gasteiger partial charge on any atom is -0.336 e. The average molecular weight is 393 g/mol. The van der Waals surface area contributed by atoms with E-state index >= 15 is 0 Å². The normalized spacial score (nSPS) is 15.2. The Balaban J connectivity index is 1.45. The van der Waals surface area contributed by atoms with Gasteiger partial charge in [-0.3, -0.25) is 9.88 Å². The fourth-order valence-electron chi connectivity index (χ4n) is 3.65. The van der Waals surface area contributed by atoms with E-state index in [1.54, 1.807) is 12.4 Å². The number of hydrogen-bond acceptors (Lipinski definition) is 5. The van der Waals surface area contributed by atoms with E-state index in [-0.39, 0.29) is 12.1 Å². The van der Waals surface area contributed by atoms with Crippen LogP contribution in [0.3, 0.4) is 0 Å². The fourth-order valence-corrected chi connectivity index (χ4v) is 3.65. The molecule has 0 unspecified atom stereocenters. The number of carbonyl (C=O) groups excluding carboxylic acids is 1. The van der Waals surface area contributed by atoms with E-state index in [9.17, 15) is 4.79 Å². The number of hydrogen-bond donors (Lipinski definition) is 1. The maximum atomic E-state index is 12.2. The Kier molecular flexibility index (Phi) is 5.71. The Bertz CT molecular complexity index is 962. The molecule has 1 aliphatic heterocycles. The molecule has 0 aliphatic carbocycles. The van der Waals surface area contributed by atoms with Gasteiger partial charge in [-0.2, -0.15) is 0 Å². The molecule has 8 heteroatoms.